The van der Waals surface area contributed by atoms with Crippen LogP contribution in [0.5, 0.6) is 5.75 Å². The number of aromatic nitrogens is 3. The molecular formula is C14H11Cl2N3O3S. The van der Waals surface area contributed by atoms with Crippen LogP contribution in [0, 0.1) is 6.92 Å². The van der Waals surface area contributed by atoms with Crippen LogP contribution in [0.1, 0.15) is 5.69 Å². The zero-order valence-electron chi connectivity index (χ0n) is 12.1. The van der Waals surface area contributed by atoms with Crippen molar-refractivity contribution in [3.05, 3.63) is 41.3 Å². The van der Waals surface area contributed by atoms with Crippen molar-refractivity contribution in [2.24, 2.45) is 0 Å². The van der Waals surface area contributed by atoms with Crippen LogP contribution < -0.4 is 4.74 Å². The van der Waals surface area contributed by atoms with Gasteiger partial charge in [-0.05, 0) is 25.1 Å². The number of pyridine rings is 1. The molecule has 0 fully saturated rings. The molecule has 0 saturated carbocycles. The summed E-state index contributed by atoms with van der Waals surface area (Å²) >= 11 is 5.96. The van der Waals surface area contributed by atoms with Crippen LogP contribution in [-0.2, 0) is 9.05 Å². The molecule has 9 heteroatoms. The Balaban J connectivity index is 2.36. The van der Waals surface area contributed by atoms with E-state index in [9.17, 15) is 8.42 Å². The first-order valence-electron chi connectivity index (χ1n) is 6.45. The number of benzene rings is 1. The molecule has 3 rings (SSSR count). The van der Waals surface area contributed by atoms with Gasteiger partial charge in [-0.1, -0.05) is 11.6 Å². The van der Waals surface area contributed by atoms with Gasteiger partial charge in [0.25, 0.3) is 9.05 Å². The molecule has 0 aliphatic carbocycles. The van der Waals surface area contributed by atoms with E-state index in [-0.39, 0.29) is 4.90 Å². The summed E-state index contributed by atoms with van der Waals surface area (Å²) in [6.07, 6.45) is 1.62. The van der Waals surface area contributed by atoms with E-state index >= 15 is 0 Å². The fourth-order valence-electron chi connectivity index (χ4n) is 2.30. The van der Waals surface area contributed by atoms with Crippen molar-refractivity contribution < 1.29 is 13.2 Å². The molecule has 0 unspecified atom stereocenters. The first-order valence-corrected chi connectivity index (χ1v) is 9.14. The van der Waals surface area contributed by atoms with Crippen molar-refractivity contribution in [2.45, 2.75) is 11.8 Å². The van der Waals surface area contributed by atoms with E-state index < -0.39 is 9.05 Å². The van der Waals surface area contributed by atoms with Gasteiger partial charge in [0.15, 0.2) is 0 Å². The van der Waals surface area contributed by atoms with Gasteiger partial charge < -0.3 is 4.74 Å². The largest absolute Gasteiger partial charge is 0.494 e. The first kappa shape index (κ1) is 16.0. The summed E-state index contributed by atoms with van der Waals surface area (Å²) < 4.78 is 30.1. The number of nitrogens with zero attached hydrogens (tertiary/aromatic N) is 3. The van der Waals surface area contributed by atoms with Crippen molar-refractivity contribution in [1.29, 1.82) is 0 Å². The predicted molar refractivity (Wildman–Crippen MR) is 88.2 cm³/mol. The third-order valence-electron chi connectivity index (χ3n) is 3.38. The molecule has 0 atom stereocenters. The molecule has 0 spiro atoms. The van der Waals surface area contributed by atoms with Crippen molar-refractivity contribution >= 4 is 42.2 Å². The Kier molecular flexibility index (Phi) is 3.95. The van der Waals surface area contributed by atoms with Crippen LogP contribution in [0.4, 0.5) is 0 Å². The molecule has 0 radical (unpaired) electrons. The second-order valence-electron chi connectivity index (χ2n) is 4.79. The highest BCUT2D eigenvalue weighted by atomic mass is 35.7. The molecule has 120 valence electrons. The lowest BCUT2D eigenvalue weighted by molar-refractivity contribution is 0.411. The molecule has 0 N–H and O–H groups in total. The lowest BCUT2D eigenvalue weighted by Crippen LogP contribution is -2.02. The summed E-state index contributed by atoms with van der Waals surface area (Å²) in [7, 11) is 3.04. The van der Waals surface area contributed by atoms with Gasteiger partial charge in [-0.2, -0.15) is 5.10 Å². The highest BCUT2D eigenvalue weighted by Gasteiger charge is 2.18. The van der Waals surface area contributed by atoms with E-state index in [4.69, 9.17) is 27.0 Å². The van der Waals surface area contributed by atoms with Gasteiger partial charge in [0.1, 0.15) is 16.6 Å². The number of fused-ring (bicyclic) bond motifs is 1. The predicted octanol–water partition coefficient (Wildman–Crippen LogP) is 3.32. The second-order valence-corrected chi connectivity index (χ2v) is 7.75. The Bertz CT molecular complexity index is 1020. The second kappa shape index (κ2) is 5.67. The summed E-state index contributed by atoms with van der Waals surface area (Å²) in [6.45, 7) is 1.82. The zero-order chi connectivity index (χ0) is 16.8. The molecule has 0 amide bonds. The van der Waals surface area contributed by atoms with Crippen molar-refractivity contribution in [1.82, 2.24) is 14.8 Å². The summed E-state index contributed by atoms with van der Waals surface area (Å²) in [4.78, 5) is 3.99. The van der Waals surface area contributed by atoms with Gasteiger partial charge in [0.2, 0.25) is 0 Å². The lowest BCUT2D eigenvalue weighted by atomic mass is 10.2. The Morgan fingerprint density at radius 3 is 2.65 bits per heavy atom. The first-order chi connectivity index (χ1) is 10.8. The smallest absolute Gasteiger partial charge is 0.261 e. The summed E-state index contributed by atoms with van der Waals surface area (Å²) in [5.41, 5.74) is 1.85. The molecule has 6 nitrogen and oxygen atoms in total. The van der Waals surface area contributed by atoms with Gasteiger partial charge in [0, 0.05) is 28.3 Å². The molecule has 1 aromatic carbocycles. The van der Waals surface area contributed by atoms with Gasteiger partial charge in [-0.25, -0.2) is 18.1 Å². The van der Waals surface area contributed by atoms with E-state index in [1.54, 1.807) is 16.9 Å². The quantitative estimate of drug-likeness (QED) is 0.521. The third kappa shape index (κ3) is 2.87. The van der Waals surface area contributed by atoms with Crippen LogP contribution in [0.3, 0.4) is 0 Å². The number of rotatable bonds is 3. The molecule has 2 aromatic heterocycles. The van der Waals surface area contributed by atoms with Gasteiger partial charge in [0.05, 0.1) is 23.2 Å². The van der Waals surface area contributed by atoms with Gasteiger partial charge >= 0.3 is 0 Å². The van der Waals surface area contributed by atoms with Crippen molar-refractivity contribution in [2.75, 3.05) is 7.11 Å². The van der Waals surface area contributed by atoms with Crippen LogP contribution >= 0.6 is 22.3 Å². The number of hydrogen-bond donors (Lipinski definition) is 0. The number of methoxy groups -OCH3 is 1. The summed E-state index contributed by atoms with van der Waals surface area (Å²) in [5, 5.41) is 5.54. The van der Waals surface area contributed by atoms with E-state index in [0.29, 0.717) is 22.1 Å². The SMILES string of the molecule is COc1ccc(S(=O)(=O)Cl)cc1-n1nc(C)c2cnc(Cl)cc21. The minimum atomic E-state index is -3.88. The van der Waals surface area contributed by atoms with E-state index in [0.717, 1.165) is 11.1 Å². The highest BCUT2D eigenvalue weighted by Crippen LogP contribution is 2.31. The maximum absolute atomic E-state index is 11.6. The standard InChI is InChI=1S/C14H11Cl2N3O3S/c1-8-10-7-17-14(15)6-11(10)19(18-8)12-5-9(23(16,20)21)3-4-13(12)22-2/h3-7H,1-2H3. The zero-order valence-corrected chi connectivity index (χ0v) is 14.4. The van der Waals surface area contributed by atoms with E-state index in [2.05, 4.69) is 10.1 Å². The topological polar surface area (TPSA) is 74.1 Å². The summed E-state index contributed by atoms with van der Waals surface area (Å²) in [5.74, 6) is 0.450. The fraction of sp³-hybridized carbons (Fsp3) is 0.143. The highest BCUT2D eigenvalue weighted by molar-refractivity contribution is 8.13. The van der Waals surface area contributed by atoms with Crippen LogP contribution in [-0.4, -0.2) is 30.3 Å². The number of hydrogen-bond acceptors (Lipinski definition) is 5. The van der Waals surface area contributed by atoms with E-state index in [1.807, 2.05) is 6.92 Å². The minimum absolute atomic E-state index is 0.0450. The van der Waals surface area contributed by atoms with Crippen LogP contribution in [0.25, 0.3) is 16.6 Å². The normalized spacial score (nSPS) is 11.8. The molecular weight excluding hydrogens is 361 g/mol. The van der Waals surface area contributed by atoms with Crippen molar-refractivity contribution in [3.8, 4) is 11.4 Å². The molecule has 23 heavy (non-hydrogen) atoms. The van der Waals surface area contributed by atoms with Crippen LogP contribution in [0.15, 0.2) is 35.4 Å². The molecule has 0 aliphatic heterocycles. The molecule has 2 heterocycles. The lowest BCUT2D eigenvalue weighted by Gasteiger charge is -2.11. The Labute approximate surface area is 142 Å². The summed E-state index contributed by atoms with van der Waals surface area (Å²) in [6, 6.07) is 5.95. The molecule has 0 bridgehead atoms. The van der Waals surface area contributed by atoms with Gasteiger partial charge in [-0.15, -0.1) is 0 Å². The molecule has 3 aromatic rings. The molecule has 0 saturated heterocycles. The van der Waals surface area contributed by atoms with Crippen molar-refractivity contribution in [3.63, 3.8) is 0 Å². The maximum Gasteiger partial charge on any atom is 0.261 e. The maximum atomic E-state index is 11.6. The number of aryl methyl sites for hydroxylation is 1. The monoisotopic (exact) mass is 371 g/mol. The number of ether oxygens (including phenoxy) is 1. The third-order valence-corrected chi connectivity index (χ3v) is 4.94. The Hall–Kier alpha value is -1.83. The molecule has 0 aliphatic rings. The number of halogens is 2. The Morgan fingerprint density at radius 2 is 2.00 bits per heavy atom. The average Bonchev–Trinajstić information content (AvgIpc) is 2.82. The van der Waals surface area contributed by atoms with E-state index in [1.165, 1.54) is 25.3 Å². The fourth-order valence-corrected chi connectivity index (χ4v) is 3.23. The van der Waals surface area contributed by atoms with Gasteiger partial charge in [-0.3, -0.25) is 0 Å². The minimum Gasteiger partial charge on any atom is -0.494 e. The van der Waals surface area contributed by atoms with Crippen LogP contribution in [0.2, 0.25) is 5.15 Å². The average molecular weight is 372 g/mol. The Morgan fingerprint density at radius 1 is 1.26 bits per heavy atom.